The van der Waals surface area contributed by atoms with E-state index in [1.54, 1.807) is 12.1 Å². The number of Topliss-reactive ketones (excluding diaryl/α,β-unsaturated/α-hetero) is 1. The van der Waals surface area contributed by atoms with Crippen LogP contribution < -0.4 is 4.90 Å². The molecule has 0 saturated carbocycles. The molecule has 1 saturated heterocycles. The number of carbonyl (C=O) groups is 3. The first-order valence-electron chi connectivity index (χ1n) is 10.7. The molecule has 2 aromatic carbocycles. The number of ketones is 1. The van der Waals surface area contributed by atoms with Gasteiger partial charge in [0.25, 0.3) is 11.7 Å². The summed E-state index contributed by atoms with van der Waals surface area (Å²) in [7, 11) is 3.79. The summed E-state index contributed by atoms with van der Waals surface area (Å²) in [6, 6.07) is 11.6. The van der Waals surface area contributed by atoms with E-state index in [0.29, 0.717) is 24.8 Å². The summed E-state index contributed by atoms with van der Waals surface area (Å²) >= 11 is 0. The average Bonchev–Trinajstić information content (AvgIpc) is 3.03. The van der Waals surface area contributed by atoms with Crippen molar-refractivity contribution in [3.05, 3.63) is 71.0 Å². The lowest BCUT2D eigenvalue weighted by Crippen LogP contribution is -2.30. The monoisotopic (exact) mass is 454 g/mol. The first-order chi connectivity index (χ1) is 15.7. The minimum absolute atomic E-state index is 0.0405. The number of benzene rings is 2. The molecular formula is C25H27FN2O5. The zero-order valence-corrected chi connectivity index (χ0v) is 18.6. The first kappa shape index (κ1) is 24.0. The maximum absolute atomic E-state index is 13.4. The second-order valence-corrected chi connectivity index (χ2v) is 8.19. The Morgan fingerprint density at radius 2 is 1.61 bits per heavy atom. The van der Waals surface area contributed by atoms with Crippen molar-refractivity contribution in [2.75, 3.05) is 25.5 Å². The zero-order valence-electron chi connectivity index (χ0n) is 18.6. The smallest absolute Gasteiger partial charge is 0.303 e. The van der Waals surface area contributed by atoms with Gasteiger partial charge in [0.2, 0.25) is 0 Å². The lowest BCUT2D eigenvalue weighted by atomic mass is 9.95. The van der Waals surface area contributed by atoms with Crippen molar-refractivity contribution in [2.24, 2.45) is 0 Å². The largest absolute Gasteiger partial charge is 0.507 e. The van der Waals surface area contributed by atoms with Crippen LogP contribution in [0.25, 0.3) is 5.76 Å². The number of carboxylic acids is 1. The van der Waals surface area contributed by atoms with E-state index in [2.05, 4.69) is 0 Å². The number of amides is 1. The zero-order chi connectivity index (χ0) is 24.1. The van der Waals surface area contributed by atoms with Gasteiger partial charge in [-0.1, -0.05) is 18.6 Å². The second-order valence-electron chi connectivity index (χ2n) is 8.19. The van der Waals surface area contributed by atoms with Gasteiger partial charge in [0.05, 0.1) is 11.6 Å². The number of unbranched alkanes of at least 4 members (excludes halogenated alkanes) is 2. The highest BCUT2D eigenvalue weighted by atomic mass is 19.1. The summed E-state index contributed by atoms with van der Waals surface area (Å²) in [6.45, 7) is 0.241. The third-order valence-electron chi connectivity index (χ3n) is 5.67. The third-order valence-corrected chi connectivity index (χ3v) is 5.67. The fourth-order valence-corrected chi connectivity index (χ4v) is 3.91. The number of aliphatic hydroxyl groups is 1. The predicted molar refractivity (Wildman–Crippen MR) is 122 cm³/mol. The summed E-state index contributed by atoms with van der Waals surface area (Å²) in [5, 5.41) is 19.8. The summed E-state index contributed by atoms with van der Waals surface area (Å²) in [6.07, 6.45) is 1.61. The highest BCUT2D eigenvalue weighted by Crippen LogP contribution is 2.40. The van der Waals surface area contributed by atoms with Crippen LogP contribution in [-0.4, -0.2) is 53.4 Å². The van der Waals surface area contributed by atoms with Crippen molar-refractivity contribution < 1.29 is 29.0 Å². The minimum Gasteiger partial charge on any atom is -0.507 e. The van der Waals surface area contributed by atoms with Gasteiger partial charge in [0, 0.05) is 38.3 Å². The highest BCUT2D eigenvalue weighted by Gasteiger charge is 2.45. The Bertz CT molecular complexity index is 1060. The van der Waals surface area contributed by atoms with Crippen LogP contribution in [0.2, 0.25) is 0 Å². The number of aliphatic carboxylic acids is 1. The summed E-state index contributed by atoms with van der Waals surface area (Å²) in [5.41, 5.74) is 1.79. The van der Waals surface area contributed by atoms with Crippen LogP contribution in [0.1, 0.15) is 42.9 Å². The first-order valence-corrected chi connectivity index (χ1v) is 10.7. The molecule has 2 aromatic rings. The van der Waals surface area contributed by atoms with Crippen LogP contribution in [0.4, 0.5) is 10.1 Å². The normalized spacial score (nSPS) is 17.4. The van der Waals surface area contributed by atoms with E-state index in [4.69, 9.17) is 5.11 Å². The number of rotatable bonds is 9. The second kappa shape index (κ2) is 10.3. The molecule has 1 aliphatic rings. The van der Waals surface area contributed by atoms with E-state index in [0.717, 1.165) is 5.69 Å². The van der Waals surface area contributed by atoms with Gasteiger partial charge in [-0.3, -0.25) is 14.4 Å². The van der Waals surface area contributed by atoms with Crippen molar-refractivity contribution >= 4 is 29.1 Å². The molecule has 1 amide bonds. The maximum atomic E-state index is 13.4. The van der Waals surface area contributed by atoms with Crippen LogP contribution in [0.15, 0.2) is 54.1 Å². The van der Waals surface area contributed by atoms with Gasteiger partial charge >= 0.3 is 5.97 Å². The van der Waals surface area contributed by atoms with E-state index >= 15 is 0 Å². The van der Waals surface area contributed by atoms with Gasteiger partial charge in [-0.2, -0.15) is 0 Å². The molecule has 0 radical (unpaired) electrons. The fraction of sp³-hybridized carbons (Fsp3) is 0.320. The number of hydrogen-bond donors (Lipinski definition) is 2. The number of hydrogen-bond acceptors (Lipinski definition) is 5. The third kappa shape index (κ3) is 5.39. The molecule has 1 atom stereocenters. The molecule has 0 spiro atoms. The molecule has 2 N–H and O–H groups in total. The Hall–Kier alpha value is -3.68. The molecule has 33 heavy (non-hydrogen) atoms. The summed E-state index contributed by atoms with van der Waals surface area (Å²) < 4.78 is 13.4. The average molecular weight is 454 g/mol. The molecule has 3 rings (SSSR count). The quantitative estimate of drug-likeness (QED) is 0.258. The molecule has 0 aromatic heterocycles. The maximum Gasteiger partial charge on any atom is 0.303 e. The Balaban J connectivity index is 1.98. The van der Waals surface area contributed by atoms with Gasteiger partial charge in [0.1, 0.15) is 11.6 Å². The standard InChI is InChI=1S/C25H27FN2O5/c1-27(2)19-13-9-16(10-14-19)22-21(23(31)17-7-11-18(26)12-8-17)24(32)25(33)28(22)15-5-3-4-6-20(29)30/h7-14,22,31H,3-6,15H2,1-2H3,(H,29,30). The van der Waals surface area contributed by atoms with Gasteiger partial charge in [-0.15, -0.1) is 0 Å². The van der Waals surface area contributed by atoms with Crippen LogP contribution in [-0.2, 0) is 14.4 Å². The van der Waals surface area contributed by atoms with Crippen LogP contribution >= 0.6 is 0 Å². The molecule has 1 fully saturated rings. The number of carboxylic acid groups (broad SMARTS) is 1. The number of aliphatic hydroxyl groups excluding tert-OH is 1. The number of nitrogens with zero attached hydrogens (tertiary/aromatic N) is 2. The van der Waals surface area contributed by atoms with E-state index in [-0.39, 0.29) is 29.9 Å². The Morgan fingerprint density at radius 1 is 0.970 bits per heavy atom. The van der Waals surface area contributed by atoms with Gasteiger partial charge in [-0.25, -0.2) is 4.39 Å². The Kier molecular flexibility index (Phi) is 7.48. The molecular weight excluding hydrogens is 427 g/mol. The molecule has 7 nitrogen and oxygen atoms in total. The van der Waals surface area contributed by atoms with Crippen molar-refractivity contribution in [2.45, 2.75) is 31.7 Å². The molecule has 174 valence electrons. The molecule has 1 unspecified atom stereocenters. The van der Waals surface area contributed by atoms with Gasteiger partial charge in [-0.05, 0) is 54.8 Å². The SMILES string of the molecule is CN(C)c1ccc(C2C(=C(O)c3ccc(F)cc3)C(=O)C(=O)N2CCCCCC(=O)O)cc1. The van der Waals surface area contributed by atoms with Gasteiger partial charge < -0.3 is 20.0 Å². The Labute approximate surface area is 191 Å². The molecule has 0 aliphatic carbocycles. The van der Waals surface area contributed by atoms with Crippen molar-refractivity contribution in [1.82, 2.24) is 4.90 Å². The lowest BCUT2D eigenvalue weighted by Gasteiger charge is -2.26. The van der Waals surface area contributed by atoms with E-state index in [1.807, 2.05) is 31.1 Å². The van der Waals surface area contributed by atoms with Crippen LogP contribution in [0.3, 0.4) is 0 Å². The van der Waals surface area contributed by atoms with E-state index in [9.17, 15) is 23.9 Å². The molecule has 1 heterocycles. The van der Waals surface area contributed by atoms with Gasteiger partial charge in [0.15, 0.2) is 0 Å². The number of likely N-dealkylation sites (tertiary alicyclic amines) is 1. The number of anilines is 1. The van der Waals surface area contributed by atoms with E-state index < -0.39 is 29.5 Å². The van der Waals surface area contributed by atoms with Crippen molar-refractivity contribution in [1.29, 1.82) is 0 Å². The van der Waals surface area contributed by atoms with E-state index in [1.165, 1.54) is 29.2 Å². The van der Waals surface area contributed by atoms with Crippen LogP contribution in [0.5, 0.6) is 0 Å². The summed E-state index contributed by atoms with van der Waals surface area (Å²) in [4.78, 5) is 39.9. The minimum atomic E-state index is -0.879. The Morgan fingerprint density at radius 3 is 2.18 bits per heavy atom. The molecule has 1 aliphatic heterocycles. The topological polar surface area (TPSA) is 98.2 Å². The highest BCUT2D eigenvalue weighted by molar-refractivity contribution is 6.46. The summed E-state index contributed by atoms with van der Waals surface area (Å²) in [5.74, 6) is -3.24. The predicted octanol–water partition coefficient (Wildman–Crippen LogP) is 3.96. The fourth-order valence-electron chi connectivity index (χ4n) is 3.91. The number of halogens is 1. The lowest BCUT2D eigenvalue weighted by molar-refractivity contribution is -0.140. The van der Waals surface area contributed by atoms with Crippen molar-refractivity contribution in [3.63, 3.8) is 0 Å². The van der Waals surface area contributed by atoms with Crippen LogP contribution in [0, 0.1) is 5.82 Å². The molecule has 8 heteroatoms. The van der Waals surface area contributed by atoms with Crippen molar-refractivity contribution in [3.8, 4) is 0 Å². The number of carbonyl (C=O) groups excluding carboxylic acids is 2. The molecule has 0 bridgehead atoms.